The van der Waals surface area contributed by atoms with Crippen LogP contribution in [0, 0.1) is 13.8 Å². The van der Waals surface area contributed by atoms with E-state index in [1.807, 2.05) is 13.8 Å². The molecule has 0 saturated heterocycles. The molecule has 0 bridgehead atoms. The number of carbonyl (C=O) groups is 2. The van der Waals surface area contributed by atoms with Gasteiger partial charge in [0.15, 0.2) is 0 Å². The van der Waals surface area contributed by atoms with Crippen molar-refractivity contribution in [3.8, 4) is 0 Å². The molecule has 2 aromatic carbocycles. The lowest BCUT2D eigenvalue weighted by Crippen LogP contribution is -2.31. The van der Waals surface area contributed by atoms with Gasteiger partial charge in [-0.15, -0.1) is 22.7 Å². The van der Waals surface area contributed by atoms with Gasteiger partial charge in [0.1, 0.15) is 0 Å². The van der Waals surface area contributed by atoms with Crippen LogP contribution in [0.1, 0.15) is 34.7 Å². The van der Waals surface area contributed by atoms with E-state index < -0.39 is 26.0 Å². The lowest BCUT2D eigenvalue weighted by molar-refractivity contribution is -0.139. The molecule has 0 saturated carbocycles. The molecule has 0 spiro atoms. The van der Waals surface area contributed by atoms with Crippen molar-refractivity contribution in [2.45, 2.75) is 50.3 Å². The van der Waals surface area contributed by atoms with Gasteiger partial charge in [0.2, 0.25) is 5.91 Å². The topological polar surface area (TPSA) is 139 Å². The number of amides is 1. The van der Waals surface area contributed by atoms with Crippen LogP contribution in [-0.4, -0.2) is 53.8 Å². The van der Waals surface area contributed by atoms with E-state index in [0.717, 1.165) is 0 Å². The van der Waals surface area contributed by atoms with Crippen LogP contribution in [-0.2, 0) is 47.2 Å². The van der Waals surface area contributed by atoms with Crippen LogP contribution in [0.3, 0.4) is 0 Å². The highest BCUT2D eigenvalue weighted by atomic mass is 35.5. The summed E-state index contributed by atoms with van der Waals surface area (Å²) >= 11 is 14.6. The Morgan fingerprint density at radius 3 is 1.57 bits per heavy atom. The first kappa shape index (κ1) is 38.3. The summed E-state index contributed by atoms with van der Waals surface area (Å²) < 4.78 is 60.1. The zero-order chi connectivity index (χ0) is 34.9. The fourth-order valence-electron chi connectivity index (χ4n) is 4.32. The summed E-state index contributed by atoms with van der Waals surface area (Å²) in [4.78, 5) is 26.9. The van der Waals surface area contributed by atoms with E-state index in [2.05, 4.69) is 14.2 Å². The summed E-state index contributed by atoms with van der Waals surface area (Å²) in [5, 5.41) is 4.25. The second kappa shape index (κ2) is 16.8. The monoisotopic (exact) mass is 759 g/mol. The minimum Gasteiger partial charge on any atom is -0.469 e. The first-order chi connectivity index (χ1) is 22.1. The van der Waals surface area contributed by atoms with Gasteiger partial charge >= 0.3 is 5.97 Å². The molecule has 16 heteroatoms. The minimum atomic E-state index is -3.78. The predicted molar refractivity (Wildman–Crippen MR) is 190 cm³/mol. The van der Waals surface area contributed by atoms with Gasteiger partial charge < -0.3 is 9.64 Å². The maximum atomic E-state index is 12.7. The molecule has 0 aliphatic rings. The molecule has 4 rings (SSSR count). The molecule has 2 aromatic heterocycles. The fraction of sp³-hybridized carbons (Fsp3) is 0.290. The molecule has 0 aliphatic heterocycles. The molecule has 1 amide bonds. The number of nitrogens with one attached hydrogen (secondary N) is 2. The highest BCUT2D eigenvalue weighted by molar-refractivity contribution is 7.93. The Balaban J connectivity index is 0.000000257. The third kappa shape index (κ3) is 9.94. The van der Waals surface area contributed by atoms with Crippen LogP contribution >= 0.6 is 45.9 Å². The molecule has 0 radical (unpaired) electrons. The van der Waals surface area contributed by atoms with E-state index in [1.54, 1.807) is 65.9 Å². The van der Waals surface area contributed by atoms with Crippen molar-refractivity contribution in [2.24, 2.45) is 0 Å². The summed E-state index contributed by atoms with van der Waals surface area (Å²) in [5.74, 6) is -0.450. The average molecular weight is 761 g/mol. The number of likely N-dealkylation sites (N-methyl/N-ethyl adjacent to an activating group) is 1. The van der Waals surface area contributed by atoms with Crippen LogP contribution < -0.4 is 9.44 Å². The molecule has 0 atom stereocenters. The Kier molecular flexibility index (Phi) is 13.7. The van der Waals surface area contributed by atoms with Gasteiger partial charge in [-0.3, -0.25) is 19.0 Å². The number of sulfonamides is 2. The highest BCUT2D eigenvalue weighted by Crippen LogP contribution is 2.30. The van der Waals surface area contributed by atoms with Crippen molar-refractivity contribution in [1.29, 1.82) is 0 Å². The maximum absolute atomic E-state index is 12.7. The Morgan fingerprint density at radius 1 is 0.745 bits per heavy atom. The summed E-state index contributed by atoms with van der Waals surface area (Å²) in [6.45, 7) is 8.39. The number of anilines is 2. The number of rotatable bonds is 12. The molecule has 254 valence electrons. The van der Waals surface area contributed by atoms with Crippen molar-refractivity contribution < 1.29 is 31.2 Å². The number of ether oxygens (including phenoxy) is 1. The molecule has 4 aromatic rings. The van der Waals surface area contributed by atoms with E-state index >= 15 is 0 Å². The van der Waals surface area contributed by atoms with Gasteiger partial charge in [-0.25, -0.2) is 16.8 Å². The second-order valence-electron chi connectivity index (χ2n) is 9.95. The number of nitrogens with zero attached hydrogens (tertiary/aromatic N) is 1. The van der Waals surface area contributed by atoms with E-state index in [0.29, 0.717) is 55.4 Å². The molecule has 0 fully saturated rings. The number of thiophene rings is 2. The van der Waals surface area contributed by atoms with Gasteiger partial charge in [-0.1, -0.05) is 35.3 Å². The SMILES string of the molecule is CCN(CC)C(=O)Cc1sccc1NS(=O)(=O)c1cccc(Cl)c1C.COC(=O)Cc1sccc1NS(=O)(=O)c1cccc(Cl)c1C. The summed E-state index contributed by atoms with van der Waals surface area (Å²) in [6, 6.07) is 12.7. The number of hydrogen-bond donors (Lipinski definition) is 2. The summed E-state index contributed by atoms with van der Waals surface area (Å²) in [6.07, 6.45) is 0.187. The Labute approximate surface area is 293 Å². The molecule has 47 heavy (non-hydrogen) atoms. The first-order valence-corrected chi connectivity index (χ1v) is 19.7. The highest BCUT2D eigenvalue weighted by Gasteiger charge is 2.23. The molecule has 0 unspecified atom stereocenters. The van der Waals surface area contributed by atoms with Crippen molar-refractivity contribution in [3.05, 3.63) is 90.2 Å². The molecule has 2 heterocycles. The van der Waals surface area contributed by atoms with Gasteiger partial charge in [0.05, 0.1) is 41.1 Å². The lowest BCUT2D eigenvalue weighted by atomic mass is 10.2. The van der Waals surface area contributed by atoms with Crippen LogP contribution in [0.25, 0.3) is 0 Å². The Bertz CT molecular complexity index is 1940. The Hall–Kier alpha value is -3.14. The van der Waals surface area contributed by atoms with E-state index in [9.17, 15) is 26.4 Å². The number of hydrogen-bond acceptors (Lipinski definition) is 9. The van der Waals surface area contributed by atoms with Gasteiger partial charge in [-0.2, -0.15) is 0 Å². The maximum Gasteiger partial charge on any atom is 0.310 e. The van der Waals surface area contributed by atoms with Crippen LogP contribution in [0.2, 0.25) is 10.0 Å². The third-order valence-electron chi connectivity index (χ3n) is 6.95. The zero-order valence-electron chi connectivity index (χ0n) is 26.3. The van der Waals surface area contributed by atoms with Crippen LogP contribution in [0.5, 0.6) is 0 Å². The second-order valence-corrected chi connectivity index (χ2v) is 16.1. The smallest absolute Gasteiger partial charge is 0.310 e. The minimum absolute atomic E-state index is 0.0144. The Morgan fingerprint density at radius 2 is 1.17 bits per heavy atom. The summed E-state index contributed by atoms with van der Waals surface area (Å²) in [5.41, 5.74) is 1.77. The zero-order valence-corrected chi connectivity index (χ0v) is 31.1. The lowest BCUT2D eigenvalue weighted by Gasteiger charge is -2.18. The molecule has 10 nitrogen and oxygen atoms in total. The number of carbonyl (C=O) groups excluding carboxylic acids is 2. The van der Waals surface area contributed by atoms with Crippen molar-refractivity contribution >= 4 is 89.2 Å². The largest absolute Gasteiger partial charge is 0.469 e. The third-order valence-corrected chi connectivity index (χ3v) is 12.6. The van der Waals surface area contributed by atoms with E-state index in [4.69, 9.17) is 23.2 Å². The molecular formula is C31H35Cl2N3O7S4. The van der Waals surface area contributed by atoms with Crippen molar-refractivity contribution in [2.75, 3.05) is 29.6 Å². The van der Waals surface area contributed by atoms with E-state index in [-0.39, 0.29) is 28.5 Å². The van der Waals surface area contributed by atoms with Gasteiger partial charge in [0, 0.05) is 32.9 Å². The molecule has 0 aliphatic carbocycles. The molecule has 2 N–H and O–H groups in total. The number of halogens is 2. The van der Waals surface area contributed by atoms with Gasteiger partial charge in [0.25, 0.3) is 20.0 Å². The summed E-state index contributed by atoms with van der Waals surface area (Å²) in [7, 11) is -6.27. The van der Waals surface area contributed by atoms with Crippen LogP contribution in [0.15, 0.2) is 69.1 Å². The van der Waals surface area contributed by atoms with E-state index in [1.165, 1.54) is 41.9 Å². The molecular weight excluding hydrogens is 726 g/mol. The number of esters is 1. The fourth-order valence-corrected chi connectivity index (χ4v) is 9.27. The van der Waals surface area contributed by atoms with Crippen molar-refractivity contribution in [1.82, 2.24) is 4.90 Å². The normalized spacial score (nSPS) is 11.3. The average Bonchev–Trinajstić information content (AvgIpc) is 3.64. The van der Waals surface area contributed by atoms with Crippen LogP contribution in [0.4, 0.5) is 11.4 Å². The predicted octanol–water partition coefficient (Wildman–Crippen LogP) is 7.15. The standard InChI is InChI=1S/C17H21ClN2O3S2.C14H14ClNO4S2/c1-4-20(5-2)17(21)11-15-14(9-10-24-15)19-25(22,23)16-8-6-7-13(18)12(16)3;1-9-10(15)4-3-5-13(9)22(18,19)16-11-6-7-21-12(11)8-14(17)20-2/h6-10,19H,4-5,11H2,1-3H3;3-7,16H,8H2,1-2H3. The quantitative estimate of drug-likeness (QED) is 0.146. The number of benzene rings is 2. The van der Waals surface area contributed by atoms with Crippen molar-refractivity contribution in [3.63, 3.8) is 0 Å². The van der Waals surface area contributed by atoms with Gasteiger partial charge in [-0.05, 0) is 86.0 Å². The number of methoxy groups -OCH3 is 1. The first-order valence-electron chi connectivity index (χ1n) is 14.2.